The van der Waals surface area contributed by atoms with Gasteiger partial charge in [0.15, 0.2) is 0 Å². The van der Waals surface area contributed by atoms with Crippen LogP contribution in [0.5, 0.6) is 0 Å². The van der Waals surface area contributed by atoms with Gasteiger partial charge in [-0.15, -0.1) is 10.2 Å². The molecule has 0 atom stereocenters. The molecule has 0 aliphatic heterocycles. The van der Waals surface area contributed by atoms with Crippen molar-refractivity contribution in [2.75, 3.05) is 18.5 Å². The maximum Gasteiger partial charge on any atom is 0.207 e. The minimum Gasteiger partial charge on any atom is -0.348 e. The predicted molar refractivity (Wildman–Crippen MR) is 72.9 cm³/mol. The Kier molecular flexibility index (Phi) is 2.93. The second-order valence-electron chi connectivity index (χ2n) is 4.07. The molecule has 3 rings (SSSR count). The van der Waals surface area contributed by atoms with Crippen LogP contribution in [0.1, 0.15) is 0 Å². The first-order chi connectivity index (χ1) is 8.84. The fourth-order valence-corrected chi connectivity index (χ4v) is 2.43. The molecule has 0 N–H and O–H groups in total. The topological polar surface area (TPSA) is 46.8 Å². The van der Waals surface area contributed by atoms with Crippen molar-refractivity contribution in [2.45, 2.75) is 6.54 Å². The summed E-state index contributed by atoms with van der Waals surface area (Å²) in [6.45, 7) is 1.77. The molecule has 2 aromatic heterocycles. The number of anilines is 1. The summed E-state index contributed by atoms with van der Waals surface area (Å²) in [7, 11) is 2.03. The summed E-state index contributed by atoms with van der Waals surface area (Å²) >= 11 is 1.55. The first-order valence-electron chi connectivity index (χ1n) is 5.72. The van der Waals surface area contributed by atoms with E-state index in [1.807, 2.05) is 31.6 Å². The fraction of sp³-hybridized carbons (Fsp3) is 0.250. The van der Waals surface area contributed by atoms with Crippen LogP contribution < -0.4 is 4.90 Å². The molecule has 0 aliphatic rings. The SMILES string of the molecule is CN(CCn1cnc2ccccc21)c1nncs1. The smallest absolute Gasteiger partial charge is 0.207 e. The zero-order valence-corrected chi connectivity index (χ0v) is 10.8. The molecule has 3 aromatic rings. The van der Waals surface area contributed by atoms with Gasteiger partial charge < -0.3 is 9.47 Å². The van der Waals surface area contributed by atoms with Crippen molar-refractivity contribution in [3.05, 3.63) is 36.1 Å². The van der Waals surface area contributed by atoms with E-state index >= 15 is 0 Å². The average molecular weight is 259 g/mol. The van der Waals surface area contributed by atoms with Gasteiger partial charge in [-0.2, -0.15) is 0 Å². The van der Waals surface area contributed by atoms with Gasteiger partial charge >= 0.3 is 0 Å². The molecule has 0 spiro atoms. The summed E-state index contributed by atoms with van der Waals surface area (Å²) < 4.78 is 2.16. The number of imidazole rings is 1. The van der Waals surface area contributed by atoms with Crippen molar-refractivity contribution >= 4 is 27.5 Å². The molecule has 92 valence electrons. The standard InChI is InChI=1S/C12H13N5S/c1-16(12-15-14-9-18-12)6-7-17-8-13-10-4-2-3-5-11(10)17/h2-5,8-9H,6-7H2,1H3. The molecule has 1 aromatic carbocycles. The van der Waals surface area contributed by atoms with E-state index < -0.39 is 0 Å². The average Bonchev–Trinajstić information content (AvgIpc) is 3.06. The highest BCUT2D eigenvalue weighted by molar-refractivity contribution is 7.13. The van der Waals surface area contributed by atoms with Crippen molar-refractivity contribution in [1.82, 2.24) is 19.7 Å². The highest BCUT2D eigenvalue weighted by atomic mass is 32.1. The summed E-state index contributed by atoms with van der Waals surface area (Å²) in [5.74, 6) is 0. The number of fused-ring (bicyclic) bond motifs is 1. The van der Waals surface area contributed by atoms with E-state index in [9.17, 15) is 0 Å². The second-order valence-corrected chi connectivity index (χ2v) is 4.88. The first-order valence-corrected chi connectivity index (χ1v) is 6.60. The lowest BCUT2D eigenvalue weighted by Crippen LogP contribution is -2.22. The van der Waals surface area contributed by atoms with Crippen LogP contribution in [0, 0.1) is 0 Å². The van der Waals surface area contributed by atoms with E-state index in [1.54, 1.807) is 16.8 Å². The third kappa shape index (κ3) is 2.06. The van der Waals surface area contributed by atoms with Crippen molar-refractivity contribution in [3.63, 3.8) is 0 Å². The Labute approximate surface area is 109 Å². The lowest BCUT2D eigenvalue weighted by atomic mass is 10.3. The molecule has 0 radical (unpaired) electrons. The quantitative estimate of drug-likeness (QED) is 0.719. The number of hydrogen-bond donors (Lipinski definition) is 0. The molecule has 0 unspecified atom stereocenters. The van der Waals surface area contributed by atoms with Gasteiger partial charge in [0.1, 0.15) is 5.51 Å². The highest BCUT2D eigenvalue weighted by Gasteiger charge is 2.06. The van der Waals surface area contributed by atoms with E-state index in [1.165, 1.54) is 5.52 Å². The number of aromatic nitrogens is 4. The number of likely N-dealkylation sites (N-methyl/N-ethyl adjacent to an activating group) is 1. The molecule has 0 saturated carbocycles. The largest absolute Gasteiger partial charge is 0.348 e. The Morgan fingerprint density at radius 1 is 1.33 bits per heavy atom. The van der Waals surface area contributed by atoms with E-state index in [0.29, 0.717) is 0 Å². The Balaban J connectivity index is 1.73. The number of rotatable bonds is 4. The van der Waals surface area contributed by atoms with Crippen LogP contribution in [-0.4, -0.2) is 33.3 Å². The number of benzene rings is 1. The molecule has 6 heteroatoms. The minimum absolute atomic E-state index is 0.884. The van der Waals surface area contributed by atoms with Gasteiger partial charge in [0.25, 0.3) is 0 Å². The highest BCUT2D eigenvalue weighted by Crippen LogP contribution is 2.15. The maximum absolute atomic E-state index is 4.38. The molecule has 0 aliphatic carbocycles. The van der Waals surface area contributed by atoms with Gasteiger partial charge in [-0.05, 0) is 12.1 Å². The van der Waals surface area contributed by atoms with E-state index in [2.05, 4.69) is 30.7 Å². The van der Waals surface area contributed by atoms with Crippen LogP contribution in [0.15, 0.2) is 36.1 Å². The molecule has 0 saturated heterocycles. The van der Waals surface area contributed by atoms with E-state index in [4.69, 9.17) is 0 Å². The monoisotopic (exact) mass is 259 g/mol. The van der Waals surface area contributed by atoms with Crippen LogP contribution >= 0.6 is 11.3 Å². The van der Waals surface area contributed by atoms with Crippen LogP contribution in [0.2, 0.25) is 0 Å². The normalized spacial score (nSPS) is 10.9. The maximum atomic E-state index is 4.38. The van der Waals surface area contributed by atoms with Gasteiger partial charge in [-0.25, -0.2) is 4.98 Å². The van der Waals surface area contributed by atoms with Gasteiger partial charge in [-0.1, -0.05) is 23.5 Å². The van der Waals surface area contributed by atoms with Crippen LogP contribution in [0.3, 0.4) is 0 Å². The van der Waals surface area contributed by atoms with Gasteiger partial charge in [0, 0.05) is 20.1 Å². The van der Waals surface area contributed by atoms with E-state index in [0.717, 1.165) is 23.7 Å². The molecule has 5 nitrogen and oxygen atoms in total. The van der Waals surface area contributed by atoms with E-state index in [-0.39, 0.29) is 0 Å². The van der Waals surface area contributed by atoms with Gasteiger partial charge in [0.2, 0.25) is 5.13 Å². The van der Waals surface area contributed by atoms with Gasteiger partial charge in [-0.3, -0.25) is 0 Å². The number of hydrogen-bond acceptors (Lipinski definition) is 5. The minimum atomic E-state index is 0.884. The predicted octanol–water partition coefficient (Wildman–Crippen LogP) is 2.02. The summed E-state index contributed by atoms with van der Waals surface area (Å²) in [4.78, 5) is 6.48. The van der Waals surface area contributed by atoms with Gasteiger partial charge in [0.05, 0.1) is 17.4 Å². The fourth-order valence-electron chi connectivity index (χ4n) is 1.88. The van der Waals surface area contributed by atoms with Crippen LogP contribution in [0.25, 0.3) is 11.0 Å². The molecular formula is C12H13N5S. The summed E-state index contributed by atoms with van der Waals surface area (Å²) in [6.07, 6.45) is 1.89. The van der Waals surface area contributed by atoms with Crippen molar-refractivity contribution < 1.29 is 0 Å². The number of para-hydroxylation sites is 2. The van der Waals surface area contributed by atoms with Crippen molar-refractivity contribution in [2.24, 2.45) is 0 Å². The summed E-state index contributed by atoms with van der Waals surface area (Å²) in [6, 6.07) is 8.16. The summed E-state index contributed by atoms with van der Waals surface area (Å²) in [5.41, 5.74) is 3.96. The second kappa shape index (κ2) is 4.73. The zero-order chi connectivity index (χ0) is 12.4. The molecule has 0 amide bonds. The third-order valence-electron chi connectivity index (χ3n) is 2.88. The van der Waals surface area contributed by atoms with Crippen LogP contribution in [0.4, 0.5) is 5.13 Å². The first kappa shape index (κ1) is 11.2. The molecule has 0 bridgehead atoms. The molecular weight excluding hydrogens is 246 g/mol. The lowest BCUT2D eigenvalue weighted by molar-refractivity contribution is 0.698. The van der Waals surface area contributed by atoms with Crippen molar-refractivity contribution in [3.8, 4) is 0 Å². The summed E-state index contributed by atoms with van der Waals surface area (Å²) in [5, 5.41) is 8.84. The number of nitrogens with zero attached hydrogens (tertiary/aromatic N) is 5. The Morgan fingerprint density at radius 3 is 3.06 bits per heavy atom. The lowest BCUT2D eigenvalue weighted by Gasteiger charge is -2.15. The van der Waals surface area contributed by atoms with Crippen LogP contribution in [-0.2, 0) is 6.54 Å². The third-order valence-corrected chi connectivity index (χ3v) is 3.68. The zero-order valence-electron chi connectivity index (χ0n) is 10.0. The molecule has 2 heterocycles. The Morgan fingerprint density at radius 2 is 2.22 bits per heavy atom. The molecule has 18 heavy (non-hydrogen) atoms. The van der Waals surface area contributed by atoms with Crippen molar-refractivity contribution in [1.29, 1.82) is 0 Å². The Bertz CT molecular complexity index is 631. The molecule has 0 fully saturated rings. The Hall–Kier alpha value is -1.95.